The van der Waals surface area contributed by atoms with Gasteiger partial charge in [0.05, 0.1) is 5.75 Å². The van der Waals surface area contributed by atoms with Crippen molar-refractivity contribution in [2.45, 2.75) is 44.7 Å². The second kappa shape index (κ2) is 4.39. The van der Waals surface area contributed by atoms with Crippen LogP contribution < -0.4 is 10.0 Å². The van der Waals surface area contributed by atoms with E-state index in [0.29, 0.717) is 11.7 Å². The monoisotopic (exact) mass is 232 g/mol. The van der Waals surface area contributed by atoms with Crippen molar-refractivity contribution in [2.24, 2.45) is 5.92 Å². The SMILES string of the molecule is CC1NCCCC1NS(=O)(=O)CC1CC1. The van der Waals surface area contributed by atoms with Crippen molar-refractivity contribution in [1.82, 2.24) is 10.0 Å². The van der Waals surface area contributed by atoms with Crippen LogP contribution in [-0.4, -0.2) is 32.8 Å². The molecule has 0 aromatic rings. The third-order valence-electron chi connectivity index (χ3n) is 3.24. The highest BCUT2D eigenvalue weighted by Gasteiger charge is 2.31. The van der Waals surface area contributed by atoms with Crippen molar-refractivity contribution in [2.75, 3.05) is 12.3 Å². The molecule has 1 aliphatic heterocycles. The van der Waals surface area contributed by atoms with Crippen molar-refractivity contribution in [3.05, 3.63) is 0 Å². The maximum atomic E-state index is 11.8. The second-order valence-corrected chi connectivity index (χ2v) is 6.63. The predicted molar refractivity (Wildman–Crippen MR) is 60.1 cm³/mol. The normalized spacial score (nSPS) is 32.9. The van der Waals surface area contributed by atoms with Crippen molar-refractivity contribution >= 4 is 10.0 Å². The highest BCUT2D eigenvalue weighted by atomic mass is 32.2. The first-order valence-corrected chi connectivity index (χ1v) is 7.45. The van der Waals surface area contributed by atoms with Crippen molar-refractivity contribution in [1.29, 1.82) is 0 Å². The molecule has 2 N–H and O–H groups in total. The fourth-order valence-electron chi connectivity index (χ4n) is 2.08. The topological polar surface area (TPSA) is 58.2 Å². The lowest BCUT2D eigenvalue weighted by Gasteiger charge is -2.30. The first-order valence-electron chi connectivity index (χ1n) is 5.80. The molecule has 0 radical (unpaired) electrons. The molecule has 2 atom stereocenters. The number of rotatable bonds is 4. The summed E-state index contributed by atoms with van der Waals surface area (Å²) in [5, 5.41) is 3.30. The van der Waals surface area contributed by atoms with E-state index in [-0.39, 0.29) is 12.1 Å². The molecule has 88 valence electrons. The molecule has 1 heterocycles. The quantitative estimate of drug-likeness (QED) is 0.740. The Kier molecular flexibility index (Phi) is 3.33. The molecule has 0 amide bonds. The van der Waals surface area contributed by atoms with Gasteiger partial charge in [0, 0.05) is 12.1 Å². The molecule has 5 heteroatoms. The van der Waals surface area contributed by atoms with Gasteiger partial charge in [-0.15, -0.1) is 0 Å². The van der Waals surface area contributed by atoms with Gasteiger partial charge in [0.1, 0.15) is 0 Å². The Morgan fingerprint density at radius 2 is 2.07 bits per heavy atom. The van der Waals surface area contributed by atoms with Gasteiger partial charge in [-0.25, -0.2) is 13.1 Å². The molecule has 2 fully saturated rings. The Balaban J connectivity index is 1.88. The van der Waals surface area contributed by atoms with Gasteiger partial charge in [-0.3, -0.25) is 0 Å². The third-order valence-corrected chi connectivity index (χ3v) is 4.82. The highest BCUT2D eigenvalue weighted by molar-refractivity contribution is 7.89. The van der Waals surface area contributed by atoms with Crippen LogP contribution in [0.15, 0.2) is 0 Å². The van der Waals surface area contributed by atoms with Gasteiger partial charge in [0.2, 0.25) is 10.0 Å². The van der Waals surface area contributed by atoms with E-state index in [2.05, 4.69) is 10.0 Å². The Hall–Kier alpha value is -0.130. The summed E-state index contributed by atoms with van der Waals surface area (Å²) in [7, 11) is -3.04. The summed E-state index contributed by atoms with van der Waals surface area (Å²) in [5.41, 5.74) is 0. The summed E-state index contributed by atoms with van der Waals surface area (Å²) < 4.78 is 26.3. The van der Waals surface area contributed by atoms with E-state index in [4.69, 9.17) is 0 Å². The summed E-state index contributed by atoms with van der Waals surface area (Å²) in [4.78, 5) is 0. The zero-order chi connectivity index (χ0) is 10.9. The van der Waals surface area contributed by atoms with E-state index in [9.17, 15) is 8.42 Å². The number of hydrogen-bond acceptors (Lipinski definition) is 3. The van der Waals surface area contributed by atoms with Gasteiger partial charge in [-0.1, -0.05) is 0 Å². The molecule has 2 unspecified atom stereocenters. The fraction of sp³-hybridized carbons (Fsp3) is 1.00. The number of hydrogen-bond donors (Lipinski definition) is 2. The fourth-order valence-corrected chi connectivity index (χ4v) is 3.91. The van der Waals surface area contributed by atoms with Crippen LogP contribution in [0.3, 0.4) is 0 Å². The molecule has 15 heavy (non-hydrogen) atoms. The molecule has 2 rings (SSSR count). The number of sulfonamides is 1. The summed E-state index contributed by atoms with van der Waals surface area (Å²) >= 11 is 0. The van der Waals surface area contributed by atoms with E-state index in [1.165, 1.54) is 0 Å². The van der Waals surface area contributed by atoms with Crippen LogP contribution in [0.4, 0.5) is 0 Å². The van der Waals surface area contributed by atoms with Crippen molar-refractivity contribution < 1.29 is 8.42 Å². The maximum absolute atomic E-state index is 11.8. The first-order chi connectivity index (χ1) is 7.07. The zero-order valence-electron chi connectivity index (χ0n) is 9.20. The average Bonchev–Trinajstić information content (AvgIpc) is 2.91. The lowest BCUT2D eigenvalue weighted by atomic mass is 10.0. The first kappa shape index (κ1) is 11.4. The molecular formula is C10H20N2O2S. The number of nitrogens with one attached hydrogen (secondary N) is 2. The zero-order valence-corrected chi connectivity index (χ0v) is 10.0. The molecule has 4 nitrogen and oxygen atoms in total. The molecule has 2 aliphatic rings. The minimum absolute atomic E-state index is 0.0856. The standard InChI is InChI=1S/C10H20N2O2S/c1-8-10(3-2-6-11-8)12-15(13,14)7-9-4-5-9/h8-12H,2-7H2,1H3. The van der Waals surface area contributed by atoms with Crippen LogP contribution in [0.2, 0.25) is 0 Å². The lowest BCUT2D eigenvalue weighted by molar-refractivity contribution is 0.348. The minimum Gasteiger partial charge on any atom is -0.313 e. The Labute approximate surface area is 91.9 Å². The van der Waals surface area contributed by atoms with Crippen molar-refractivity contribution in [3.8, 4) is 0 Å². The molecule has 1 saturated heterocycles. The summed E-state index contributed by atoms with van der Waals surface area (Å²) in [6.45, 7) is 3.05. The predicted octanol–water partition coefficient (Wildman–Crippen LogP) is 0.456. The molecule has 1 saturated carbocycles. The van der Waals surface area contributed by atoms with E-state index >= 15 is 0 Å². The van der Waals surface area contributed by atoms with E-state index in [0.717, 1.165) is 32.2 Å². The van der Waals surface area contributed by atoms with Crippen LogP contribution in [0, 0.1) is 5.92 Å². The average molecular weight is 232 g/mol. The van der Waals surface area contributed by atoms with Gasteiger partial charge < -0.3 is 5.32 Å². The van der Waals surface area contributed by atoms with Crippen LogP contribution in [0.5, 0.6) is 0 Å². The van der Waals surface area contributed by atoms with Crippen LogP contribution in [0.25, 0.3) is 0 Å². The van der Waals surface area contributed by atoms with Gasteiger partial charge >= 0.3 is 0 Å². The van der Waals surface area contributed by atoms with E-state index in [1.807, 2.05) is 6.92 Å². The van der Waals surface area contributed by atoms with Crippen LogP contribution in [-0.2, 0) is 10.0 Å². The molecule has 0 aromatic carbocycles. The van der Waals surface area contributed by atoms with Gasteiger partial charge in [-0.05, 0) is 45.1 Å². The largest absolute Gasteiger partial charge is 0.313 e. The Morgan fingerprint density at radius 3 is 2.67 bits per heavy atom. The van der Waals surface area contributed by atoms with Crippen LogP contribution in [0.1, 0.15) is 32.6 Å². The minimum atomic E-state index is -3.04. The Morgan fingerprint density at radius 1 is 1.33 bits per heavy atom. The van der Waals surface area contributed by atoms with Crippen molar-refractivity contribution in [3.63, 3.8) is 0 Å². The molecule has 0 bridgehead atoms. The van der Waals surface area contributed by atoms with E-state index in [1.54, 1.807) is 0 Å². The number of piperidine rings is 1. The molecule has 0 spiro atoms. The van der Waals surface area contributed by atoms with Crippen LogP contribution >= 0.6 is 0 Å². The maximum Gasteiger partial charge on any atom is 0.212 e. The summed E-state index contributed by atoms with van der Waals surface area (Å²) in [6, 6.07) is 0.343. The summed E-state index contributed by atoms with van der Waals surface area (Å²) in [5.74, 6) is 0.755. The van der Waals surface area contributed by atoms with Gasteiger partial charge in [-0.2, -0.15) is 0 Å². The molecule has 1 aliphatic carbocycles. The smallest absolute Gasteiger partial charge is 0.212 e. The molecule has 0 aromatic heterocycles. The Bertz CT molecular complexity index is 311. The second-order valence-electron chi connectivity index (χ2n) is 4.83. The third kappa shape index (κ3) is 3.43. The van der Waals surface area contributed by atoms with E-state index < -0.39 is 10.0 Å². The highest BCUT2D eigenvalue weighted by Crippen LogP contribution is 2.30. The molecular weight excluding hydrogens is 212 g/mol. The van der Waals surface area contributed by atoms with Gasteiger partial charge in [0.15, 0.2) is 0 Å². The summed E-state index contributed by atoms with van der Waals surface area (Å²) in [6.07, 6.45) is 4.18. The lowest BCUT2D eigenvalue weighted by Crippen LogP contribution is -2.52. The van der Waals surface area contributed by atoms with Gasteiger partial charge in [0.25, 0.3) is 0 Å².